The van der Waals surface area contributed by atoms with Gasteiger partial charge in [0.1, 0.15) is 0 Å². The number of sulfonamides is 1. The number of hydrogen-bond acceptors (Lipinski definition) is 4. The molecule has 0 bridgehead atoms. The second-order valence-corrected chi connectivity index (χ2v) is 6.64. The summed E-state index contributed by atoms with van der Waals surface area (Å²) in [7, 11) is -4.01. The molecule has 1 aromatic heterocycles. The summed E-state index contributed by atoms with van der Waals surface area (Å²) in [4.78, 5) is 3.69. The van der Waals surface area contributed by atoms with Crippen LogP contribution in [0.3, 0.4) is 0 Å². The Hall–Kier alpha value is -2.15. The predicted octanol–water partition coefficient (Wildman–Crippen LogP) is 1.94. The van der Waals surface area contributed by atoms with Crippen LogP contribution in [-0.2, 0) is 16.4 Å². The molecule has 110 valence electrons. The molecule has 1 aliphatic heterocycles. The van der Waals surface area contributed by atoms with Crippen LogP contribution < -0.4 is 10.0 Å². The molecule has 1 aromatic carbocycles. The number of hydrogen-bond donors (Lipinski definition) is 1. The standard InChI is InChI=1S/C14H14FN3O2S/c15-12-4-1-7-17-14(12)21(19,20)18-8-2-3-10-9-11(16)5-6-13(10)18/h1,4-7,9H,2-3,8,16H2. The van der Waals surface area contributed by atoms with E-state index in [0.717, 1.165) is 18.1 Å². The lowest BCUT2D eigenvalue weighted by molar-refractivity contribution is 0.548. The van der Waals surface area contributed by atoms with Crippen molar-refractivity contribution >= 4 is 21.4 Å². The highest BCUT2D eigenvalue weighted by atomic mass is 32.2. The van der Waals surface area contributed by atoms with E-state index < -0.39 is 20.9 Å². The monoisotopic (exact) mass is 307 g/mol. The minimum atomic E-state index is -4.01. The van der Waals surface area contributed by atoms with Gasteiger partial charge in [-0.1, -0.05) is 0 Å². The minimum Gasteiger partial charge on any atom is -0.399 e. The number of benzene rings is 1. The van der Waals surface area contributed by atoms with Gasteiger partial charge in [0.2, 0.25) is 5.03 Å². The Kier molecular flexibility index (Phi) is 3.29. The molecule has 5 nitrogen and oxygen atoms in total. The average Bonchev–Trinajstić information content (AvgIpc) is 2.46. The van der Waals surface area contributed by atoms with Crippen LogP contribution in [0.2, 0.25) is 0 Å². The molecule has 0 fully saturated rings. The van der Waals surface area contributed by atoms with E-state index >= 15 is 0 Å². The maximum atomic E-state index is 13.8. The van der Waals surface area contributed by atoms with Crippen molar-refractivity contribution in [3.05, 3.63) is 47.9 Å². The first-order valence-corrected chi connectivity index (χ1v) is 7.96. The molecule has 0 atom stereocenters. The van der Waals surface area contributed by atoms with Crippen LogP contribution in [0.5, 0.6) is 0 Å². The maximum absolute atomic E-state index is 13.8. The number of aryl methyl sites for hydroxylation is 1. The summed E-state index contributed by atoms with van der Waals surface area (Å²) >= 11 is 0. The number of pyridine rings is 1. The fourth-order valence-electron chi connectivity index (χ4n) is 2.50. The van der Waals surface area contributed by atoms with Crippen molar-refractivity contribution in [1.82, 2.24) is 4.98 Å². The van der Waals surface area contributed by atoms with Crippen molar-refractivity contribution < 1.29 is 12.8 Å². The fraction of sp³-hybridized carbons (Fsp3) is 0.214. The Morgan fingerprint density at radius 2 is 2.10 bits per heavy atom. The number of aromatic nitrogens is 1. The van der Waals surface area contributed by atoms with Crippen molar-refractivity contribution in [2.24, 2.45) is 0 Å². The topological polar surface area (TPSA) is 76.3 Å². The smallest absolute Gasteiger partial charge is 0.284 e. The van der Waals surface area contributed by atoms with Gasteiger partial charge >= 0.3 is 0 Å². The van der Waals surface area contributed by atoms with E-state index in [1.165, 1.54) is 16.6 Å². The molecule has 0 unspecified atom stereocenters. The summed E-state index contributed by atoms with van der Waals surface area (Å²) in [6.45, 7) is 0.301. The van der Waals surface area contributed by atoms with Crippen molar-refractivity contribution in [2.45, 2.75) is 17.9 Å². The lowest BCUT2D eigenvalue weighted by atomic mass is 10.0. The molecular weight excluding hydrogens is 293 g/mol. The third-order valence-electron chi connectivity index (χ3n) is 3.44. The zero-order chi connectivity index (χ0) is 15.0. The molecule has 0 radical (unpaired) electrons. The van der Waals surface area contributed by atoms with Crippen LogP contribution in [0.25, 0.3) is 0 Å². The van der Waals surface area contributed by atoms with Gasteiger partial charge in [0, 0.05) is 18.4 Å². The zero-order valence-electron chi connectivity index (χ0n) is 11.2. The SMILES string of the molecule is Nc1ccc2c(c1)CCCN2S(=O)(=O)c1ncccc1F. The Balaban J connectivity index is 2.12. The molecular formula is C14H14FN3O2S. The molecule has 7 heteroatoms. The maximum Gasteiger partial charge on any atom is 0.284 e. The van der Waals surface area contributed by atoms with Crippen LogP contribution >= 0.6 is 0 Å². The van der Waals surface area contributed by atoms with Gasteiger partial charge in [-0.3, -0.25) is 4.31 Å². The molecule has 2 N–H and O–H groups in total. The molecule has 2 heterocycles. The largest absolute Gasteiger partial charge is 0.399 e. The normalized spacial score (nSPS) is 14.8. The number of fused-ring (bicyclic) bond motifs is 1. The summed E-state index contributed by atoms with van der Waals surface area (Å²) in [6, 6.07) is 7.50. The van der Waals surface area contributed by atoms with Crippen LogP contribution in [0.1, 0.15) is 12.0 Å². The van der Waals surface area contributed by atoms with E-state index in [9.17, 15) is 12.8 Å². The Morgan fingerprint density at radius 1 is 1.29 bits per heavy atom. The van der Waals surface area contributed by atoms with E-state index in [-0.39, 0.29) is 0 Å². The minimum absolute atomic E-state index is 0.301. The molecule has 21 heavy (non-hydrogen) atoms. The van der Waals surface area contributed by atoms with Gasteiger partial charge < -0.3 is 5.73 Å². The van der Waals surface area contributed by atoms with Crippen LogP contribution in [0, 0.1) is 5.82 Å². The number of anilines is 2. The van der Waals surface area contributed by atoms with E-state index in [0.29, 0.717) is 24.3 Å². The van der Waals surface area contributed by atoms with Crippen molar-refractivity contribution in [3.8, 4) is 0 Å². The third kappa shape index (κ3) is 2.33. The number of nitrogens with two attached hydrogens (primary N) is 1. The molecule has 0 spiro atoms. The summed E-state index contributed by atoms with van der Waals surface area (Å²) in [5, 5.41) is -0.547. The van der Waals surface area contributed by atoms with Crippen molar-refractivity contribution in [3.63, 3.8) is 0 Å². The van der Waals surface area contributed by atoms with E-state index in [2.05, 4.69) is 4.98 Å². The van der Waals surface area contributed by atoms with E-state index in [4.69, 9.17) is 5.73 Å². The molecule has 0 amide bonds. The highest BCUT2D eigenvalue weighted by Crippen LogP contribution is 2.33. The van der Waals surface area contributed by atoms with Crippen LogP contribution in [-0.4, -0.2) is 19.9 Å². The van der Waals surface area contributed by atoms with Crippen LogP contribution in [0.4, 0.5) is 15.8 Å². The first kappa shape index (κ1) is 13.8. The van der Waals surface area contributed by atoms with Crippen molar-refractivity contribution in [2.75, 3.05) is 16.6 Å². The molecule has 1 aliphatic rings. The Morgan fingerprint density at radius 3 is 2.86 bits per heavy atom. The van der Waals surface area contributed by atoms with Gasteiger partial charge in [-0.2, -0.15) is 8.42 Å². The van der Waals surface area contributed by atoms with E-state index in [1.54, 1.807) is 18.2 Å². The summed E-state index contributed by atoms with van der Waals surface area (Å²) in [5.74, 6) is -0.847. The first-order valence-electron chi connectivity index (χ1n) is 6.52. The number of halogens is 1. The average molecular weight is 307 g/mol. The fourth-order valence-corrected chi connectivity index (χ4v) is 4.02. The third-order valence-corrected chi connectivity index (χ3v) is 5.19. The summed E-state index contributed by atoms with van der Waals surface area (Å²) < 4.78 is 40.3. The van der Waals surface area contributed by atoms with Gasteiger partial charge in [-0.25, -0.2) is 9.37 Å². The second kappa shape index (κ2) is 5.00. The van der Waals surface area contributed by atoms with Gasteiger partial charge in [0.05, 0.1) is 5.69 Å². The molecule has 0 saturated heterocycles. The zero-order valence-corrected chi connectivity index (χ0v) is 12.0. The summed E-state index contributed by atoms with van der Waals surface area (Å²) in [5.41, 5.74) is 7.70. The molecule has 2 aromatic rings. The van der Waals surface area contributed by atoms with E-state index in [1.807, 2.05) is 0 Å². The molecule has 3 rings (SSSR count). The molecule has 0 saturated carbocycles. The Bertz CT molecular complexity index is 793. The second-order valence-electron chi connectivity index (χ2n) is 4.86. The number of rotatable bonds is 2. The first-order chi connectivity index (χ1) is 10.00. The lowest BCUT2D eigenvalue weighted by Crippen LogP contribution is -2.36. The lowest BCUT2D eigenvalue weighted by Gasteiger charge is -2.30. The van der Waals surface area contributed by atoms with Crippen LogP contribution in [0.15, 0.2) is 41.6 Å². The predicted molar refractivity (Wildman–Crippen MR) is 77.9 cm³/mol. The summed E-state index contributed by atoms with van der Waals surface area (Å²) in [6.07, 6.45) is 2.67. The van der Waals surface area contributed by atoms with Gasteiger partial charge in [0.25, 0.3) is 10.0 Å². The van der Waals surface area contributed by atoms with Gasteiger partial charge in [-0.05, 0) is 48.7 Å². The number of nitrogens with zero attached hydrogens (tertiary/aromatic N) is 2. The van der Waals surface area contributed by atoms with Gasteiger partial charge in [0.15, 0.2) is 5.82 Å². The highest BCUT2D eigenvalue weighted by molar-refractivity contribution is 7.92. The quantitative estimate of drug-likeness (QED) is 0.860. The molecule has 0 aliphatic carbocycles. The van der Waals surface area contributed by atoms with Gasteiger partial charge in [-0.15, -0.1) is 0 Å². The van der Waals surface area contributed by atoms with Crippen molar-refractivity contribution in [1.29, 1.82) is 0 Å². The Labute approximate surface area is 122 Å². The highest BCUT2D eigenvalue weighted by Gasteiger charge is 2.32. The number of nitrogen functional groups attached to an aromatic ring is 1.